The zero-order chi connectivity index (χ0) is 13.4. The van der Waals surface area contributed by atoms with Gasteiger partial charge in [0.2, 0.25) is 0 Å². The summed E-state index contributed by atoms with van der Waals surface area (Å²) >= 11 is 0. The molecule has 0 aliphatic rings. The van der Waals surface area contributed by atoms with Gasteiger partial charge in [0, 0.05) is 12.6 Å². The van der Waals surface area contributed by atoms with E-state index in [-0.39, 0.29) is 0 Å². The lowest BCUT2D eigenvalue weighted by Crippen LogP contribution is -1.98. The van der Waals surface area contributed by atoms with Crippen LogP contribution in [0.5, 0.6) is 0 Å². The Morgan fingerprint density at radius 1 is 0.750 bits per heavy atom. The molecule has 2 aromatic carbocycles. The molecule has 2 nitrogen and oxygen atoms in total. The van der Waals surface area contributed by atoms with Crippen LogP contribution in [0.15, 0.2) is 72.9 Å². The van der Waals surface area contributed by atoms with Crippen LogP contribution in [-0.2, 0) is 6.42 Å². The molecule has 0 fully saturated rings. The molecule has 4 aromatic rings. The van der Waals surface area contributed by atoms with Gasteiger partial charge >= 0.3 is 0 Å². The summed E-state index contributed by atoms with van der Waals surface area (Å²) in [6.07, 6.45) is 2.97. The molecule has 0 unspecified atom stereocenters. The van der Waals surface area contributed by atoms with E-state index in [9.17, 15) is 0 Å². The van der Waals surface area contributed by atoms with Crippen LogP contribution in [0.2, 0.25) is 0 Å². The minimum atomic E-state index is 0.860. The second-order valence-corrected chi connectivity index (χ2v) is 4.97. The smallest absolute Gasteiger partial charge is 0.0874 e. The van der Waals surface area contributed by atoms with Crippen LogP contribution in [-0.4, -0.2) is 9.38 Å². The first-order chi connectivity index (χ1) is 9.92. The van der Waals surface area contributed by atoms with Crippen LogP contribution in [0, 0.1) is 0 Å². The van der Waals surface area contributed by atoms with E-state index >= 15 is 0 Å². The molecule has 0 N–H and O–H groups in total. The monoisotopic (exact) mass is 258 g/mol. The Morgan fingerprint density at radius 3 is 2.40 bits per heavy atom. The summed E-state index contributed by atoms with van der Waals surface area (Å²) in [6.45, 7) is 0. The molecule has 0 radical (unpaired) electrons. The molecule has 4 rings (SSSR count). The molecule has 2 aromatic heterocycles. The highest BCUT2D eigenvalue weighted by molar-refractivity contribution is 5.79. The Kier molecular flexibility index (Phi) is 2.52. The third kappa shape index (κ3) is 1.77. The summed E-state index contributed by atoms with van der Waals surface area (Å²) in [5, 5.41) is 0. The van der Waals surface area contributed by atoms with Gasteiger partial charge in [0.1, 0.15) is 0 Å². The summed E-state index contributed by atoms with van der Waals surface area (Å²) in [6, 6.07) is 23.0. The molecule has 0 amide bonds. The van der Waals surface area contributed by atoms with Crippen molar-refractivity contribution in [2.45, 2.75) is 6.42 Å². The quantitative estimate of drug-likeness (QED) is 0.529. The van der Waals surface area contributed by atoms with E-state index in [1.807, 2.05) is 12.1 Å². The Morgan fingerprint density at radius 2 is 1.50 bits per heavy atom. The van der Waals surface area contributed by atoms with Gasteiger partial charge in [-0.3, -0.25) is 0 Å². The first-order valence-corrected chi connectivity index (χ1v) is 6.80. The topological polar surface area (TPSA) is 17.3 Å². The number of hydrogen-bond acceptors (Lipinski definition) is 1. The van der Waals surface area contributed by atoms with Gasteiger partial charge in [-0.25, -0.2) is 4.98 Å². The lowest BCUT2D eigenvalue weighted by Gasteiger charge is -2.08. The highest BCUT2D eigenvalue weighted by Gasteiger charge is 2.08. The van der Waals surface area contributed by atoms with E-state index in [0.717, 1.165) is 23.1 Å². The Bertz CT molecular complexity index is 876. The van der Waals surface area contributed by atoms with E-state index in [2.05, 4.69) is 65.2 Å². The highest BCUT2D eigenvalue weighted by atomic mass is 14.9. The fourth-order valence-electron chi connectivity index (χ4n) is 2.71. The minimum Gasteiger partial charge on any atom is -0.313 e. The van der Waals surface area contributed by atoms with E-state index in [4.69, 9.17) is 4.98 Å². The molecule has 2 heterocycles. The summed E-state index contributed by atoms with van der Waals surface area (Å²) in [5.41, 5.74) is 5.80. The SMILES string of the molecule is c1ccc(Cc2nc3ccccc3n3cccc23)cc1. The van der Waals surface area contributed by atoms with Gasteiger partial charge in [-0.05, 0) is 29.8 Å². The zero-order valence-corrected chi connectivity index (χ0v) is 11.0. The van der Waals surface area contributed by atoms with Crippen LogP contribution in [0.25, 0.3) is 16.6 Å². The van der Waals surface area contributed by atoms with Crippen LogP contribution < -0.4 is 0 Å². The maximum Gasteiger partial charge on any atom is 0.0874 e. The predicted molar refractivity (Wildman–Crippen MR) is 81.9 cm³/mol. The van der Waals surface area contributed by atoms with Crippen LogP contribution in [0.3, 0.4) is 0 Å². The van der Waals surface area contributed by atoms with Crippen molar-refractivity contribution in [1.82, 2.24) is 9.38 Å². The molecule has 0 aliphatic heterocycles. The van der Waals surface area contributed by atoms with Crippen molar-refractivity contribution in [3.63, 3.8) is 0 Å². The average Bonchev–Trinajstić information content (AvgIpc) is 2.98. The average molecular weight is 258 g/mol. The number of nitrogens with zero attached hydrogens (tertiary/aromatic N) is 2. The molecule has 2 heteroatoms. The van der Waals surface area contributed by atoms with Gasteiger partial charge in [-0.15, -0.1) is 0 Å². The fourth-order valence-corrected chi connectivity index (χ4v) is 2.71. The lowest BCUT2D eigenvalue weighted by molar-refractivity contribution is 1.08. The van der Waals surface area contributed by atoms with E-state index in [1.54, 1.807) is 0 Å². The Hall–Kier alpha value is -2.61. The molecule has 0 saturated heterocycles. The van der Waals surface area contributed by atoms with Gasteiger partial charge in [-0.2, -0.15) is 0 Å². The molecule has 0 bridgehead atoms. The van der Waals surface area contributed by atoms with Crippen molar-refractivity contribution in [2.75, 3.05) is 0 Å². The Balaban J connectivity index is 1.95. The number of rotatable bonds is 2. The third-order valence-corrected chi connectivity index (χ3v) is 3.66. The lowest BCUT2D eigenvalue weighted by atomic mass is 10.1. The number of fused-ring (bicyclic) bond motifs is 3. The number of para-hydroxylation sites is 2. The maximum absolute atomic E-state index is 4.85. The van der Waals surface area contributed by atoms with Gasteiger partial charge in [0.25, 0.3) is 0 Å². The summed E-state index contributed by atoms with van der Waals surface area (Å²) < 4.78 is 2.22. The normalized spacial score (nSPS) is 11.2. The molecular formula is C18H14N2. The van der Waals surface area contributed by atoms with Gasteiger partial charge < -0.3 is 4.40 Å². The van der Waals surface area contributed by atoms with Crippen molar-refractivity contribution in [2.24, 2.45) is 0 Å². The number of benzene rings is 2. The molecular weight excluding hydrogens is 244 g/mol. The number of hydrogen-bond donors (Lipinski definition) is 0. The van der Waals surface area contributed by atoms with Crippen molar-refractivity contribution in [3.05, 3.63) is 84.2 Å². The largest absolute Gasteiger partial charge is 0.313 e. The minimum absolute atomic E-state index is 0.860. The molecule has 0 atom stereocenters. The second kappa shape index (κ2) is 4.49. The Labute approximate surface area is 117 Å². The number of aromatic nitrogens is 2. The summed E-state index contributed by atoms with van der Waals surface area (Å²) in [5.74, 6) is 0. The van der Waals surface area contributed by atoms with Crippen molar-refractivity contribution >= 4 is 16.6 Å². The van der Waals surface area contributed by atoms with Gasteiger partial charge in [0.05, 0.1) is 22.2 Å². The fraction of sp³-hybridized carbons (Fsp3) is 0.0556. The maximum atomic E-state index is 4.85. The third-order valence-electron chi connectivity index (χ3n) is 3.66. The van der Waals surface area contributed by atoms with Crippen molar-refractivity contribution in [1.29, 1.82) is 0 Å². The molecule has 96 valence electrons. The van der Waals surface area contributed by atoms with Gasteiger partial charge in [-0.1, -0.05) is 42.5 Å². The van der Waals surface area contributed by atoms with E-state index in [0.29, 0.717) is 0 Å². The highest BCUT2D eigenvalue weighted by Crippen LogP contribution is 2.20. The van der Waals surface area contributed by atoms with Crippen LogP contribution in [0.1, 0.15) is 11.3 Å². The summed E-state index contributed by atoms with van der Waals surface area (Å²) in [4.78, 5) is 4.85. The standard InChI is InChI=1S/C18H14N2/c1-2-7-14(8-3-1)13-16-18-11-6-12-20(18)17-10-5-4-9-15(17)19-16/h1-12H,13H2. The molecule has 0 spiro atoms. The molecule has 0 saturated carbocycles. The van der Waals surface area contributed by atoms with E-state index in [1.165, 1.54) is 11.1 Å². The van der Waals surface area contributed by atoms with Crippen molar-refractivity contribution in [3.8, 4) is 0 Å². The van der Waals surface area contributed by atoms with Crippen LogP contribution in [0.4, 0.5) is 0 Å². The van der Waals surface area contributed by atoms with E-state index < -0.39 is 0 Å². The first-order valence-electron chi connectivity index (χ1n) is 6.80. The molecule has 20 heavy (non-hydrogen) atoms. The zero-order valence-electron chi connectivity index (χ0n) is 11.0. The van der Waals surface area contributed by atoms with Crippen LogP contribution >= 0.6 is 0 Å². The second-order valence-electron chi connectivity index (χ2n) is 4.97. The predicted octanol–water partition coefficient (Wildman–Crippen LogP) is 4.08. The summed E-state index contributed by atoms with van der Waals surface area (Å²) in [7, 11) is 0. The first kappa shape index (κ1) is 11.2. The molecule has 0 aliphatic carbocycles. The van der Waals surface area contributed by atoms with Gasteiger partial charge in [0.15, 0.2) is 0 Å². The van der Waals surface area contributed by atoms with Crippen molar-refractivity contribution < 1.29 is 0 Å².